The van der Waals surface area contributed by atoms with Gasteiger partial charge in [-0.3, -0.25) is 9.89 Å². The predicted molar refractivity (Wildman–Crippen MR) is 150 cm³/mol. The molecular formula is C25H24Cl3N7O3S. The van der Waals surface area contributed by atoms with Gasteiger partial charge in [-0.05, 0) is 43.2 Å². The van der Waals surface area contributed by atoms with Crippen LogP contribution in [0.15, 0.2) is 60.0 Å². The van der Waals surface area contributed by atoms with E-state index >= 15 is 0 Å². The molecule has 2 aromatic carbocycles. The number of aromatic amines is 2. The third-order valence-electron chi connectivity index (χ3n) is 6.35. The molecule has 0 unspecified atom stereocenters. The molecule has 0 saturated carbocycles. The number of sulfonamides is 1. The SMILES string of the molecule is O=C(c1[nH]nc(-c2ccc(Cl)cc2)c1CNS(=O)(=O)c1cnc[nH]1)N(c1ccc(Cl)cc1Cl)N1CCCCC1. The summed E-state index contributed by atoms with van der Waals surface area (Å²) < 4.78 is 28.3. The molecule has 1 saturated heterocycles. The van der Waals surface area contributed by atoms with E-state index < -0.39 is 15.9 Å². The zero-order chi connectivity index (χ0) is 27.6. The van der Waals surface area contributed by atoms with Gasteiger partial charge < -0.3 is 4.98 Å². The molecule has 1 fully saturated rings. The van der Waals surface area contributed by atoms with Crippen LogP contribution in [0, 0.1) is 0 Å². The van der Waals surface area contributed by atoms with E-state index in [-0.39, 0.29) is 17.3 Å². The molecule has 10 nitrogen and oxygen atoms in total. The zero-order valence-electron chi connectivity index (χ0n) is 20.5. The van der Waals surface area contributed by atoms with Crippen LogP contribution < -0.4 is 9.73 Å². The van der Waals surface area contributed by atoms with Gasteiger partial charge in [0.25, 0.3) is 15.9 Å². The molecule has 0 radical (unpaired) electrons. The number of piperidine rings is 1. The van der Waals surface area contributed by atoms with Gasteiger partial charge in [0.1, 0.15) is 5.69 Å². The van der Waals surface area contributed by atoms with E-state index in [4.69, 9.17) is 34.8 Å². The normalized spacial score (nSPS) is 14.4. The summed E-state index contributed by atoms with van der Waals surface area (Å²) in [6, 6.07) is 11.8. The Labute approximate surface area is 240 Å². The van der Waals surface area contributed by atoms with Gasteiger partial charge >= 0.3 is 0 Å². The number of H-pyrrole nitrogens is 2. The van der Waals surface area contributed by atoms with Crippen molar-refractivity contribution in [2.45, 2.75) is 30.8 Å². The fourth-order valence-electron chi connectivity index (χ4n) is 4.42. The minimum atomic E-state index is -3.95. The Morgan fingerprint density at radius 3 is 2.41 bits per heavy atom. The maximum atomic E-state index is 14.3. The van der Waals surface area contributed by atoms with Gasteiger partial charge in [-0.2, -0.15) is 5.10 Å². The van der Waals surface area contributed by atoms with Crippen molar-refractivity contribution in [2.24, 2.45) is 0 Å². The largest absolute Gasteiger partial charge is 0.335 e. The van der Waals surface area contributed by atoms with Gasteiger partial charge in [0.2, 0.25) is 0 Å². The summed E-state index contributed by atoms with van der Waals surface area (Å²) in [5.41, 5.74) is 1.99. The van der Waals surface area contributed by atoms with Gasteiger partial charge in [0.05, 0.1) is 28.9 Å². The van der Waals surface area contributed by atoms with Crippen LogP contribution >= 0.6 is 34.8 Å². The van der Waals surface area contributed by atoms with Gasteiger partial charge in [0, 0.05) is 40.8 Å². The van der Waals surface area contributed by atoms with Gasteiger partial charge in [-0.15, -0.1) is 0 Å². The molecule has 1 aliphatic heterocycles. The number of aromatic nitrogens is 4. The molecule has 14 heteroatoms. The number of nitrogens with one attached hydrogen (secondary N) is 3. The number of carbonyl (C=O) groups excluding carboxylic acids is 1. The van der Waals surface area contributed by atoms with E-state index in [1.54, 1.807) is 42.5 Å². The van der Waals surface area contributed by atoms with Crippen molar-refractivity contribution in [3.63, 3.8) is 0 Å². The average molecular weight is 609 g/mol. The van der Waals surface area contributed by atoms with Gasteiger partial charge in [0.15, 0.2) is 5.03 Å². The van der Waals surface area contributed by atoms with E-state index in [2.05, 4.69) is 24.9 Å². The van der Waals surface area contributed by atoms with Crippen molar-refractivity contribution in [2.75, 3.05) is 18.1 Å². The monoisotopic (exact) mass is 607 g/mol. The molecule has 0 spiro atoms. The lowest BCUT2D eigenvalue weighted by Gasteiger charge is -2.37. The standard InChI is InChI=1S/C25H24Cl3N7O3S/c26-17-6-4-16(5-7-17)23-19(13-31-39(37,38)22-14-29-15-30-22)24(33-32-23)25(36)35(34-10-2-1-3-11-34)21-9-8-18(27)12-20(21)28/h4-9,12,14-15,31H,1-3,10-11,13H2,(H,29,30)(H,32,33). The molecule has 5 rings (SSSR count). The summed E-state index contributed by atoms with van der Waals surface area (Å²) in [7, 11) is -3.95. The van der Waals surface area contributed by atoms with Crippen molar-refractivity contribution in [3.05, 3.63) is 81.3 Å². The number of nitrogens with zero attached hydrogens (tertiary/aromatic N) is 4. The summed E-state index contributed by atoms with van der Waals surface area (Å²) in [6.07, 6.45) is 5.34. The topological polar surface area (TPSA) is 127 Å². The highest BCUT2D eigenvalue weighted by Crippen LogP contribution is 2.34. The quantitative estimate of drug-likeness (QED) is 0.250. The summed E-state index contributed by atoms with van der Waals surface area (Å²) in [4.78, 5) is 20.6. The minimum absolute atomic E-state index is 0.102. The molecule has 39 heavy (non-hydrogen) atoms. The fraction of sp³-hybridized carbons (Fsp3) is 0.240. The number of hydrogen-bond donors (Lipinski definition) is 3. The first-order chi connectivity index (χ1) is 18.7. The fourth-order valence-corrected chi connectivity index (χ4v) is 5.93. The van der Waals surface area contributed by atoms with Crippen molar-refractivity contribution < 1.29 is 13.2 Å². The van der Waals surface area contributed by atoms with Crippen LogP contribution in [-0.4, -0.2) is 52.6 Å². The van der Waals surface area contributed by atoms with Crippen LogP contribution in [0.2, 0.25) is 15.1 Å². The second kappa shape index (κ2) is 11.7. The van der Waals surface area contributed by atoms with Crippen molar-refractivity contribution >= 4 is 56.4 Å². The number of anilines is 1. The number of amides is 1. The molecule has 204 valence electrons. The van der Waals surface area contributed by atoms with E-state index in [1.807, 2.05) is 5.01 Å². The number of imidazole rings is 1. The Morgan fingerprint density at radius 1 is 1.03 bits per heavy atom. The van der Waals surface area contributed by atoms with Crippen LogP contribution in [0.4, 0.5) is 5.69 Å². The molecule has 3 heterocycles. The highest BCUT2D eigenvalue weighted by molar-refractivity contribution is 7.89. The Bertz CT molecular complexity index is 1570. The summed E-state index contributed by atoms with van der Waals surface area (Å²) in [5.74, 6) is -0.440. The number of rotatable bonds is 8. The molecule has 0 bridgehead atoms. The molecule has 1 amide bonds. The second-order valence-corrected chi connectivity index (χ2v) is 11.9. The number of halogens is 3. The lowest BCUT2D eigenvalue weighted by Crippen LogP contribution is -2.49. The first kappa shape index (κ1) is 27.6. The molecule has 0 atom stereocenters. The molecular weight excluding hydrogens is 585 g/mol. The van der Waals surface area contributed by atoms with Crippen LogP contribution in [0.5, 0.6) is 0 Å². The second-order valence-electron chi connectivity index (χ2n) is 8.90. The Morgan fingerprint density at radius 2 is 1.74 bits per heavy atom. The first-order valence-corrected chi connectivity index (χ1v) is 14.7. The lowest BCUT2D eigenvalue weighted by molar-refractivity contribution is 0.0866. The van der Waals surface area contributed by atoms with E-state index in [9.17, 15) is 13.2 Å². The molecule has 4 aromatic rings. The third-order valence-corrected chi connectivity index (χ3v) is 8.46. The van der Waals surface area contributed by atoms with E-state index in [0.29, 0.717) is 50.7 Å². The molecule has 3 N–H and O–H groups in total. The van der Waals surface area contributed by atoms with Gasteiger partial charge in [-0.1, -0.05) is 53.4 Å². The lowest BCUT2D eigenvalue weighted by atomic mass is 10.1. The van der Waals surface area contributed by atoms with Crippen molar-refractivity contribution in [1.82, 2.24) is 29.9 Å². The van der Waals surface area contributed by atoms with Crippen LogP contribution in [0.3, 0.4) is 0 Å². The van der Waals surface area contributed by atoms with Crippen LogP contribution in [-0.2, 0) is 16.6 Å². The zero-order valence-corrected chi connectivity index (χ0v) is 23.6. The van der Waals surface area contributed by atoms with Crippen molar-refractivity contribution in [3.8, 4) is 11.3 Å². The number of benzene rings is 2. The molecule has 0 aliphatic carbocycles. The van der Waals surface area contributed by atoms with E-state index in [1.165, 1.54) is 17.5 Å². The summed E-state index contributed by atoms with van der Waals surface area (Å²) in [5, 5.41) is 11.9. The molecule has 2 aromatic heterocycles. The first-order valence-electron chi connectivity index (χ1n) is 12.1. The maximum absolute atomic E-state index is 14.3. The smallest absolute Gasteiger partial charge is 0.291 e. The summed E-state index contributed by atoms with van der Waals surface area (Å²) >= 11 is 18.8. The highest BCUT2D eigenvalue weighted by Gasteiger charge is 2.32. The number of carbonyl (C=O) groups is 1. The van der Waals surface area contributed by atoms with E-state index in [0.717, 1.165) is 19.3 Å². The number of hydrogen-bond acceptors (Lipinski definition) is 6. The third kappa shape index (κ3) is 5.98. The number of hydrazine groups is 1. The van der Waals surface area contributed by atoms with Crippen LogP contribution in [0.25, 0.3) is 11.3 Å². The minimum Gasteiger partial charge on any atom is -0.335 e. The predicted octanol–water partition coefficient (Wildman–Crippen LogP) is 5.29. The Hall–Kier alpha value is -2.93. The average Bonchev–Trinajstić information content (AvgIpc) is 3.61. The van der Waals surface area contributed by atoms with Crippen LogP contribution in [0.1, 0.15) is 35.3 Å². The maximum Gasteiger partial charge on any atom is 0.291 e. The summed E-state index contributed by atoms with van der Waals surface area (Å²) in [6.45, 7) is 1.06. The molecule has 1 aliphatic rings. The Balaban J connectivity index is 1.58. The van der Waals surface area contributed by atoms with Gasteiger partial charge in [-0.25, -0.2) is 28.1 Å². The Kier molecular flexibility index (Phi) is 8.27. The highest BCUT2D eigenvalue weighted by atomic mass is 35.5. The van der Waals surface area contributed by atoms with Crippen molar-refractivity contribution in [1.29, 1.82) is 0 Å².